The molecule has 17 heavy (non-hydrogen) atoms. The molecule has 0 spiro atoms. The predicted molar refractivity (Wildman–Crippen MR) is 79.6 cm³/mol. The maximum Gasteiger partial charge on any atom is 0.173 e. The van der Waals surface area contributed by atoms with Crippen molar-refractivity contribution in [1.29, 1.82) is 0 Å². The van der Waals surface area contributed by atoms with Crippen molar-refractivity contribution < 1.29 is 0 Å². The smallest absolute Gasteiger partial charge is 0.173 e. The van der Waals surface area contributed by atoms with E-state index < -0.39 is 0 Å². The molecular weight excluding hydrogens is 228 g/mol. The number of aryl methyl sites for hydroxylation is 1. The SMILES string of the molecule is CCN(C(=S)NCC(C)C)c1ccc(C)cc1. The Morgan fingerprint density at radius 3 is 2.35 bits per heavy atom. The maximum atomic E-state index is 5.42. The lowest BCUT2D eigenvalue weighted by atomic mass is 10.2. The third-order valence-electron chi connectivity index (χ3n) is 2.57. The van der Waals surface area contributed by atoms with Crippen LogP contribution in [0, 0.1) is 12.8 Å². The minimum Gasteiger partial charge on any atom is -0.362 e. The summed E-state index contributed by atoms with van der Waals surface area (Å²) in [6.07, 6.45) is 0. The van der Waals surface area contributed by atoms with Gasteiger partial charge in [-0.15, -0.1) is 0 Å². The number of anilines is 1. The van der Waals surface area contributed by atoms with Crippen LogP contribution in [0.2, 0.25) is 0 Å². The summed E-state index contributed by atoms with van der Waals surface area (Å²) in [5, 5.41) is 4.11. The van der Waals surface area contributed by atoms with Gasteiger partial charge in [-0.3, -0.25) is 0 Å². The number of rotatable bonds is 4. The second-order valence-electron chi connectivity index (χ2n) is 4.66. The summed E-state index contributed by atoms with van der Waals surface area (Å²) < 4.78 is 0. The van der Waals surface area contributed by atoms with Crippen LogP contribution in [0.4, 0.5) is 5.69 Å². The molecule has 1 aromatic rings. The Morgan fingerprint density at radius 1 is 1.29 bits per heavy atom. The van der Waals surface area contributed by atoms with E-state index in [1.807, 2.05) is 0 Å². The third kappa shape index (κ3) is 4.35. The van der Waals surface area contributed by atoms with Gasteiger partial charge in [0.05, 0.1) is 0 Å². The van der Waals surface area contributed by atoms with Crippen LogP contribution in [0.15, 0.2) is 24.3 Å². The maximum absolute atomic E-state index is 5.42. The number of nitrogens with one attached hydrogen (secondary N) is 1. The van der Waals surface area contributed by atoms with Crippen molar-refractivity contribution >= 4 is 23.0 Å². The molecule has 0 aliphatic carbocycles. The van der Waals surface area contributed by atoms with Crippen molar-refractivity contribution in [2.45, 2.75) is 27.7 Å². The highest BCUT2D eigenvalue weighted by Gasteiger charge is 2.09. The minimum absolute atomic E-state index is 0.602. The minimum atomic E-state index is 0.602. The van der Waals surface area contributed by atoms with E-state index in [0.29, 0.717) is 5.92 Å². The number of hydrogen-bond acceptors (Lipinski definition) is 1. The highest BCUT2D eigenvalue weighted by atomic mass is 32.1. The van der Waals surface area contributed by atoms with Gasteiger partial charge in [-0.05, 0) is 44.1 Å². The van der Waals surface area contributed by atoms with Crippen molar-refractivity contribution in [3.63, 3.8) is 0 Å². The van der Waals surface area contributed by atoms with Crippen LogP contribution in [0.3, 0.4) is 0 Å². The quantitative estimate of drug-likeness (QED) is 0.825. The first kappa shape index (κ1) is 14.0. The van der Waals surface area contributed by atoms with Crippen molar-refractivity contribution in [2.75, 3.05) is 18.0 Å². The molecule has 0 unspecified atom stereocenters. The van der Waals surface area contributed by atoms with Gasteiger partial charge in [0.1, 0.15) is 0 Å². The van der Waals surface area contributed by atoms with E-state index in [-0.39, 0.29) is 0 Å². The van der Waals surface area contributed by atoms with Crippen LogP contribution in [0.25, 0.3) is 0 Å². The van der Waals surface area contributed by atoms with Gasteiger partial charge in [-0.25, -0.2) is 0 Å². The van der Waals surface area contributed by atoms with E-state index in [1.165, 1.54) is 5.56 Å². The Balaban J connectivity index is 2.70. The molecule has 0 aliphatic heterocycles. The van der Waals surface area contributed by atoms with E-state index in [9.17, 15) is 0 Å². The second-order valence-corrected chi connectivity index (χ2v) is 5.05. The molecule has 0 heterocycles. The molecule has 1 N–H and O–H groups in total. The molecule has 0 atom stereocenters. The molecule has 2 nitrogen and oxygen atoms in total. The standard InChI is InChI=1S/C14H22N2S/c1-5-16(14(17)15-10-11(2)3)13-8-6-12(4)7-9-13/h6-9,11H,5,10H2,1-4H3,(H,15,17). The molecule has 1 rings (SSSR count). The summed E-state index contributed by atoms with van der Waals surface area (Å²) >= 11 is 5.42. The van der Waals surface area contributed by atoms with Crippen LogP contribution in [-0.2, 0) is 0 Å². The molecule has 0 bridgehead atoms. The van der Waals surface area contributed by atoms with E-state index in [0.717, 1.165) is 23.9 Å². The van der Waals surface area contributed by atoms with Crippen molar-refractivity contribution in [2.24, 2.45) is 5.92 Å². The summed E-state index contributed by atoms with van der Waals surface area (Å²) in [4.78, 5) is 2.12. The monoisotopic (exact) mass is 250 g/mol. The lowest BCUT2D eigenvalue weighted by Gasteiger charge is -2.25. The summed E-state index contributed by atoms with van der Waals surface area (Å²) in [6.45, 7) is 10.4. The zero-order chi connectivity index (χ0) is 12.8. The van der Waals surface area contributed by atoms with Crippen LogP contribution < -0.4 is 10.2 Å². The normalized spacial score (nSPS) is 10.4. The van der Waals surface area contributed by atoms with Gasteiger partial charge in [0.15, 0.2) is 5.11 Å². The van der Waals surface area contributed by atoms with E-state index in [2.05, 4.69) is 62.2 Å². The first-order chi connectivity index (χ1) is 8.04. The first-order valence-electron chi connectivity index (χ1n) is 6.16. The molecule has 0 radical (unpaired) electrons. The lowest BCUT2D eigenvalue weighted by molar-refractivity contribution is 0.624. The van der Waals surface area contributed by atoms with Gasteiger partial charge in [0.25, 0.3) is 0 Å². The molecular formula is C14H22N2S. The Morgan fingerprint density at radius 2 is 1.88 bits per heavy atom. The Kier molecular flexibility index (Phi) is 5.42. The molecule has 0 fully saturated rings. The highest BCUT2D eigenvalue weighted by Crippen LogP contribution is 2.15. The van der Waals surface area contributed by atoms with E-state index >= 15 is 0 Å². The molecule has 1 aromatic carbocycles. The molecule has 0 saturated carbocycles. The Hall–Kier alpha value is -1.09. The van der Waals surface area contributed by atoms with Gasteiger partial charge >= 0.3 is 0 Å². The molecule has 0 saturated heterocycles. The van der Waals surface area contributed by atoms with Gasteiger partial charge in [-0.1, -0.05) is 31.5 Å². The van der Waals surface area contributed by atoms with Gasteiger partial charge < -0.3 is 10.2 Å². The number of hydrogen-bond donors (Lipinski definition) is 1. The van der Waals surface area contributed by atoms with Crippen LogP contribution in [-0.4, -0.2) is 18.2 Å². The van der Waals surface area contributed by atoms with E-state index in [4.69, 9.17) is 12.2 Å². The second kappa shape index (κ2) is 6.60. The largest absolute Gasteiger partial charge is 0.362 e. The first-order valence-corrected chi connectivity index (χ1v) is 6.57. The van der Waals surface area contributed by atoms with Crippen molar-refractivity contribution in [3.05, 3.63) is 29.8 Å². The van der Waals surface area contributed by atoms with Crippen LogP contribution >= 0.6 is 12.2 Å². The molecule has 94 valence electrons. The molecule has 3 heteroatoms. The summed E-state index contributed by atoms with van der Waals surface area (Å²) in [5.41, 5.74) is 2.42. The average molecular weight is 250 g/mol. The number of thiocarbonyl (C=S) groups is 1. The lowest BCUT2D eigenvalue weighted by Crippen LogP contribution is -2.41. The highest BCUT2D eigenvalue weighted by molar-refractivity contribution is 7.80. The fraction of sp³-hybridized carbons (Fsp3) is 0.500. The number of nitrogens with zero attached hydrogens (tertiary/aromatic N) is 1. The van der Waals surface area contributed by atoms with Crippen LogP contribution in [0.5, 0.6) is 0 Å². The average Bonchev–Trinajstić information content (AvgIpc) is 2.30. The van der Waals surface area contributed by atoms with E-state index in [1.54, 1.807) is 0 Å². The zero-order valence-corrected chi connectivity index (χ0v) is 12.0. The van der Waals surface area contributed by atoms with Gasteiger partial charge in [-0.2, -0.15) is 0 Å². The Bertz CT molecular complexity index is 357. The fourth-order valence-corrected chi connectivity index (χ4v) is 1.87. The Labute approximate surface area is 110 Å². The molecule has 0 aromatic heterocycles. The van der Waals surface area contributed by atoms with Crippen molar-refractivity contribution in [3.8, 4) is 0 Å². The fourth-order valence-electron chi connectivity index (χ4n) is 1.56. The van der Waals surface area contributed by atoms with Crippen molar-refractivity contribution in [1.82, 2.24) is 5.32 Å². The predicted octanol–water partition coefficient (Wildman–Crippen LogP) is 3.35. The topological polar surface area (TPSA) is 15.3 Å². The summed E-state index contributed by atoms with van der Waals surface area (Å²) in [5.74, 6) is 0.602. The molecule has 0 aliphatic rings. The van der Waals surface area contributed by atoms with Crippen LogP contribution in [0.1, 0.15) is 26.3 Å². The summed E-state index contributed by atoms with van der Waals surface area (Å²) in [7, 11) is 0. The van der Waals surface area contributed by atoms with Gasteiger partial charge in [0, 0.05) is 18.8 Å². The number of benzene rings is 1. The zero-order valence-electron chi connectivity index (χ0n) is 11.2. The van der Waals surface area contributed by atoms with Gasteiger partial charge in [0.2, 0.25) is 0 Å². The third-order valence-corrected chi connectivity index (χ3v) is 2.93. The summed E-state index contributed by atoms with van der Waals surface area (Å²) in [6, 6.07) is 8.45. The molecule has 0 amide bonds.